The predicted molar refractivity (Wildman–Crippen MR) is 70.7 cm³/mol. The van der Waals surface area contributed by atoms with Gasteiger partial charge in [0.1, 0.15) is 5.76 Å². The molecule has 1 heterocycles. The molecule has 2 heteroatoms. The SMILES string of the molecule is C=C1CC[C@@](C)(C=O)O/C1=C(C)/C(C)=C\CC. The molecule has 94 valence electrons. The smallest absolute Gasteiger partial charge is 0.163 e. The van der Waals surface area contributed by atoms with Crippen LogP contribution >= 0.6 is 0 Å². The first-order valence-corrected chi connectivity index (χ1v) is 6.15. The van der Waals surface area contributed by atoms with Gasteiger partial charge in [-0.1, -0.05) is 19.6 Å². The summed E-state index contributed by atoms with van der Waals surface area (Å²) in [5.41, 5.74) is 2.58. The van der Waals surface area contributed by atoms with E-state index >= 15 is 0 Å². The zero-order chi connectivity index (χ0) is 13.1. The number of hydrogen-bond donors (Lipinski definition) is 0. The lowest BCUT2D eigenvalue weighted by Crippen LogP contribution is -2.34. The fourth-order valence-electron chi connectivity index (χ4n) is 1.93. The predicted octanol–water partition coefficient (Wildman–Crippen LogP) is 3.94. The largest absolute Gasteiger partial charge is 0.480 e. The van der Waals surface area contributed by atoms with Crippen LogP contribution in [0, 0.1) is 0 Å². The van der Waals surface area contributed by atoms with Crippen molar-refractivity contribution in [3.8, 4) is 0 Å². The highest BCUT2D eigenvalue weighted by Crippen LogP contribution is 2.35. The number of aldehydes is 1. The van der Waals surface area contributed by atoms with Crippen LogP contribution in [0.3, 0.4) is 0 Å². The van der Waals surface area contributed by atoms with Gasteiger partial charge in [-0.25, -0.2) is 0 Å². The third-order valence-corrected chi connectivity index (χ3v) is 3.27. The summed E-state index contributed by atoms with van der Waals surface area (Å²) in [7, 11) is 0. The molecule has 0 aromatic carbocycles. The minimum atomic E-state index is -0.690. The van der Waals surface area contributed by atoms with Gasteiger partial charge in [0.05, 0.1) is 0 Å². The van der Waals surface area contributed by atoms with Crippen LogP contribution in [0.5, 0.6) is 0 Å². The summed E-state index contributed by atoms with van der Waals surface area (Å²) in [5.74, 6) is 0.799. The average Bonchev–Trinajstić information content (AvgIpc) is 2.32. The minimum absolute atomic E-state index is 0.690. The van der Waals surface area contributed by atoms with Crippen molar-refractivity contribution in [1.82, 2.24) is 0 Å². The molecule has 0 amide bonds. The first kappa shape index (κ1) is 13.8. The summed E-state index contributed by atoms with van der Waals surface area (Å²) in [6.07, 6.45) is 5.58. The second kappa shape index (κ2) is 5.35. The number of rotatable bonds is 3. The molecule has 0 saturated carbocycles. The Morgan fingerprint density at radius 3 is 2.71 bits per heavy atom. The van der Waals surface area contributed by atoms with Gasteiger partial charge in [0.2, 0.25) is 0 Å². The van der Waals surface area contributed by atoms with Gasteiger partial charge in [0.25, 0.3) is 0 Å². The van der Waals surface area contributed by atoms with Gasteiger partial charge in [-0.3, -0.25) is 4.79 Å². The highest BCUT2D eigenvalue weighted by molar-refractivity contribution is 5.63. The maximum absolute atomic E-state index is 11.1. The van der Waals surface area contributed by atoms with E-state index in [1.807, 2.05) is 13.8 Å². The number of ether oxygens (including phenoxy) is 1. The molecule has 0 N–H and O–H groups in total. The molecule has 17 heavy (non-hydrogen) atoms. The summed E-state index contributed by atoms with van der Waals surface area (Å²) in [4.78, 5) is 11.1. The fourth-order valence-corrected chi connectivity index (χ4v) is 1.93. The quantitative estimate of drug-likeness (QED) is 0.691. The van der Waals surface area contributed by atoms with Crippen molar-refractivity contribution in [2.75, 3.05) is 0 Å². The molecular formula is C15H22O2. The van der Waals surface area contributed by atoms with E-state index in [4.69, 9.17) is 4.74 Å². The van der Waals surface area contributed by atoms with Crippen molar-refractivity contribution in [2.24, 2.45) is 0 Å². The number of allylic oxidation sites excluding steroid dienone is 4. The normalized spacial score (nSPS) is 28.7. The van der Waals surface area contributed by atoms with Crippen LogP contribution in [0.15, 0.2) is 35.1 Å². The zero-order valence-electron chi connectivity index (χ0n) is 11.3. The van der Waals surface area contributed by atoms with E-state index in [0.29, 0.717) is 6.42 Å². The molecule has 1 atom stereocenters. The molecule has 0 bridgehead atoms. The number of hydrogen-bond acceptors (Lipinski definition) is 2. The number of carbonyl (C=O) groups is 1. The van der Waals surface area contributed by atoms with Gasteiger partial charge < -0.3 is 4.74 Å². The van der Waals surface area contributed by atoms with Crippen LogP contribution in [0.2, 0.25) is 0 Å². The van der Waals surface area contributed by atoms with Crippen molar-refractivity contribution in [3.05, 3.63) is 35.1 Å². The molecule has 1 saturated heterocycles. The second-order valence-corrected chi connectivity index (χ2v) is 4.89. The van der Waals surface area contributed by atoms with Crippen molar-refractivity contribution < 1.29 is 9.53 Å². The molecule has 1 rings (SSSR count). The standard InChI is InChI=1S/C15H22O2/c1-6-7-11(2)13(4)14-12(3)8-9-15(5,10-16)17-14/h7,10H,3,6,8-9H2,1-2,4-5H3/b11-7-,14-13+/t15-/m0/s1. The maximum atomic E-state index is 11.1. The molecule has 1 aliphatic rings. The van der Waals surface area contributed by atoms with Crippen molar-refractivity contribution in [1.29, 1.82) is 0 Å². The molecular weight excluding hydrogens is 212 g/mol. The lowest BCUT2D eigenvalue weighted by molar-refractivity contribution is -0.126. The molecule has 1 aliphatic heterocycles. The van der Waals surface area contributed by atoms with Crippen molar-refractivity contribution >= 4 is 6.29 Å². The van der Waals surface area contributed by atoms with Crippen molar-refractivity contribution in [3.63, 3.8) is 0 Å². The average molecular weight is 234 g/mol. The molecule has 0 radical (unpaired) electrons. The Bertz CT molecular complexity index is 388. The summed E-state index contributed by atoms with van der Waals surface area (Å²) in [6.45, 7) is 12.1. The van der Waals surface area contributed by atoms with Crippen LogP contribution < -0.4 is 0 Å². The summed E-state index contributed by atoms with van der Waals surface area (Å²) in [6, 6.07) is 0. The topological polar surface area (TPSA) is 26.3 Å². The van der Waals surface area contributed by atoms with Crippen LogP contribution in [0.1, 0.15) is 47.0 Å². The highest BCUT2D eigenvalue weighted by Gasteiger charge is 2.33. The van der Waals surface area contributed by atoms with Gasteiger partial charge in [-0.05, 0) is 56.8 Å². The van der Waals surface area contributed by atoms with Gasteiger partial charge in [0.15, 0.2) is 11.9 Å². The van der Waals surface area contributed by atoms with Gasteiger partial charge in [0, 0.05) is 0 Å². The molecule has 0 unspecified atom stereocenters. The Kier molecular flexibility index (Phi) is 4.33. The lowest BCUT2D eigenvalue weighted by Gasteiger charge is -2.33. The van der Waals surface area contributed by atoms with Gasteiger partial charge in [-0.15, -0.1) is 0 Å². The Hall–Kier alpha value is -1.31. The Balaban J connectivity index is 3.09. The monoisotopic (exact) mass is 234 g/mol. The number of carbonyl (C=O) groups excluding carboxylic acids is 1. The molecule has 2 nitrogen and oxygen atoms in total. The second-order valence-electron chi connectivity index (χ2n) is 4.89. The van der Waals surface area contributed by atoms with Crippen LogP contribution in [0.25, 0.3) is 0 Å². The first-order valence-electron chi connectivity index (χ1n) is 6.15. The summed E-state index contributed by atoms with van der Waals surface area (Å²) >= 11 is 0. The minimum Gasteiger partial charge on any atom is -0.480 e. The highest BCUT2D eigenvalue weighted by atomic mass is 16.5. The van der Waals surface area contributed by atoms with Crippen molar-refractivity contribution in [2.45, 2.75) is 52.6 Å². The molecule has 0 aromatic heterocycles. The van der Waals surface area contributed by atoms with E-state index < -0.39 is 5.60 Å². The Morgan fingerprint density at radius 1 is 1.53 bits per heavy atom. The van der Waals surface area contributed by atoms with E-state index in [2.05, 4.69) is 26.5 Å². The Labute approximate surface area is 104 Å². The summed E-state index contributed by atoms with van der Waals surface area (Å²) in [5, 5.41) is 0. The molecule has 0 aromatic rings. The fraction of sp³-hybridized carbons (Fsp3) is 0.533. The van der Waals surface area contributed by atoms with E-state index in [9.17, 15) is 4.79 Å². The lowest BCUT2D eigenvalue weighted by atomic mass is 9.91. The van der Waals surface area contributed by atoms with E-state index in [1.54, 1.807) is 0 Å². The van der Waals surface area contributed by atoms with E-state index in [0.717, 1.165) is 36.0 Å². The molecule has 0 aliphatic carbocycles. The summed E-state index contributed by atoms with van der Waals surface area (Å²) < 4.78 is 5.84. The molecule has 1 fully saturated rings. The Morgan fingerprint density at radius 2 is 2.18 bits per heavy atom. The third kappa shape index (κ3) is 3.09. The van der Waals surface area contributed by atoms with Crippen LogP contribution in [0.4, 0.5) is 0 Å². The van der Waals surface area contributed by atoms with E-state index in [1.165, 1.54) is 5.57 Å². The molecule has 0 spiro atoms. The van der Waals surface area contributed by atoms with E-state index in [-0.39, 0.29) is 0 Å². The zero-order valence-corrected chi connectivity index (χ0v) is 11.3. The van der Waals surface area contributed by atoms with Crippen LogP contribution in [-0.2, 0) is 9.53 Å². The first-order chi connectivity index (χ1) is 7.93. The maximum Gasteiger partial charge on any atom is 0.163 e. The van der Waals surface area contributed by atoms with Gasteiger partial charge in [-0.2, -0.15) is 0 Å². The van der Waals surface area contributed by atoms with Crippen LogP contribution in [-0.4, -0.2) is 11.9 Å². The van der Waals surface area contributed by atoms with Gasteiger partial charge >= 0.3 is 0 Å². The third-order valence-electron chi connectivity index (χ3n) is 3.27.